The highest BCUT2D eigenvalue weighted by Crippen LogP contribution is 2.28. The zero-order chi connectivity index (χ0) is 29.3. The Bertz CT molecular complexity index is 1720. The van der Waals surface area contributed by atoms with Crippen molar-refractivity contribution in [3.8, 4) is 10.6 Å². The maximum Gasteiger partial charge on any atom is 0.272 e. The van der Waals surface area contributed by atoms with Gasteiger partial charge >= 0.3 is 0 Å². The van der Waals surface area contributed by atoms with Gasteiger partial charge in [0.25, 0.3) is 11.8 Å². The van der Waals surface area contributed by atoms with Gasteiger partial charge in [-0.1, -0.05) is 42.5 Å². The zero-order valence-electron chi connectivity index (χ0n) is 21.9. The molecule has 0 unspecified atom stereocenters. The average Bonchev–Trinajstić information content (AvgIpc) is 3.71. The molecule has 0 aliphatic heterocycles. The van der Waals surface area contributed by atoms with Crippen LogP contribution in [0, 0.1) is 5.82 Å². The Balaban J connectivity index is 1.20. The van der Waals surface area contributed by atoms with Gasteiger partial charge in [0.05, 0.1) is 16.3 Å². The van der Waals surface area contributed by atoms with E-state index < -0.39 is 17.6 Å². The number of amides is 3. The van der Waals surface area contributed by atoms with Crippen molar-refractivity contribution in [2.75, 3.05) is 16.4 Å². The number of thiazole rings is 1. The summed E-state index contributed by atoms with van der Waals surface area (Å²) < 4.78 is 14.3. The molecule has 0 atom stereocenters. The molecular formula is C31H23FN4O3S3. The molecule has 2 heterocycles. The SMILES string of the molecule is O=C(CSc1ccc(NC(=O)/C(=C/c2ccccc2F)NC(=O)c2ccccc2)cc1)Nc1nc(-c2cccs2)cs1. The molecule has 2 aromatic heterocycles. The first-order valence-corrected chi connectivity index (χ1v) is 15.4. The van der Waals surface area contributed by atoms with E-state index in [0.29, 0.717) is 16.4 Å². The highest BCUT2D eigenvalue weighted by atomic mass is 32.2. The van der Waals surface area contributed by atoms with Crippen molar-refractivity contribution in [3.05, 3.63) is 124 Å². The molecule has 0 aliphatic rings. The van der Waals surface area contributed by atoms with Crippen LogP contribution >= 0.6 is 34.4 Å². The van der Waals surface area contributed by atoms with E-state index in [4.69, 9.17) is 0 Å². The third-order valence-electron chi connectivity index (χ3n) is 5.74. The number of hydrogen-bond donors (Lipinski definition) is 3. The summed E-state index contributed by atoms with van der Waals surface area (Å²) in [5, 5.41) is 12.6. The molecule has 7 nitrogen and oxygen atoms in total. The number of thioether (sulfide) groups is 1. The van der Waals surface area contributed by atoms with Crippen molar-refractivity contribution in [1.82, 2.24) is 10.3 Å². The van der Waals surface area contributed by atoms with Gasteiger partial charge < -0.3 is 16.0 Å². The van der Waals surface area contributed by atoms with Crippen molar-refractivity contribution in [3.63, 3.8) is 0 Å². The van der Waals surface area contributed by atoms with Crippen molar-refractivity contribution in [2.24, 2.45) is 0 Å². The number of thiophene rings is 1. The van der Waals surface area contributed by atoms with Crippen LogP contribution in [0.4, 0.5) is 15.2 Å². The predicted molar refractivity (Wildman–Crippen MR) is 168 cm³/mol. The summed E-state index contributed by atoms with van der Waals surface area (Å²) in [6.07, 6.45) is 1.29. The van der Waals surface area contributed by atoms with Gasteiger partial charge in [-0.05, 0) is 60.0 Å². The summed E-state index contributed by atoms with van der Waals surface area (Å²) in [4.78, 5) is 44.7. The van der Waals surface area contributed by atoms with Gasteiger partial charge in [0, 0.05) is 27.1 Å². The molecule has 0 fully saturated rings. The summed E-state index contributed by atoms with van der Waals surface area (Å²) in [6, 6.07) is 25.2. The number of anilines is 2. The number of hydrogen-bond acceptors (Lipinski definition) is 7. The first kappa shape index (κ1) is 28.9. The highest BCUT2D eigenvalue weighted by molar-refractivity contribution is 8.00. The largest absolute Gasteiger partial charge is 0.321 e. The first-order chi connectivity index (χ1) is 20.4. The van der Waals surface area contributed by atoms with Gasteiger partial charge in [-0.2, -0.15) is 0 Å². The number of carbonyl (C=O) groups is 3. The lowest BCUT2D eigenvalue weighted by atomic mass is 10.1. The molecule has 0 bridgehead atoms. The second-order valence-electron chi connectivity index (χ2n) is 8.73. The summed E-state index contributed by atoms with van der Waals surface area (Å²) >= 11 is 4.30. The van der Waals surface area contributed by atoms with E-state index in [1.807, 2.05) is 22.9 Å². The maximum atomic E-state index is 14.3. The van der Waals surface area contributed by atoms with Gasteiger partial charge in [-0.25, -0.2) is 9.37 Å². The van der Waals surface area contributed by atoms with Crippen molar-refractivity contribution >= 4 is 69.1 Å². The van der Waals surface area contributed by atoms with E-state index in [0.717, 1.165) is 15.5 Å². The summed E-state index contributed by atoms with van der Waals surface area (Å²) in [5.41, 5.74) is 1.69. The molecular weight excluding hydrogens is 592 g/mol. The predicted octanol–water partition coefficient (Wildman–Crippen LogP) is 7.15. The van der Waals surface area contributed by atoms with Crippen LogP contribution in [0.3, 0.4) is 0 Å². The summed E-state index contributed by atoms with van der Waals surface area (Å²) in [7, 11) is 0. The molecule has 0 aliphatic carbocycles. The lowest BCUT2D eigenvalue weighted by Crippen LogP contribution is -2.30. The standard InChI is InChI=1S/C31H23FN4O3S3/c32-24-10-5-4-9-21(24)17-25(34-29(38)20-7-2-1-3-8-20)30(39)33-22-12-14-23(15-13-22)41-19-28(37)36-31-35-26(18-42-31)27-11-6-16-40-27/h1-18H,19H2,(H,33,39)(H,34,38)(H,35,36,37)/b25-17-. The number of benzene rings is 3. The smallest absolute Gasteiger partial charge is 0.272 e. The van der Waals surface area contributed by atoms with E-state index in [-0.39, 0.29) is 22.9 Å². The van der Waals surface area contributed by atoms with Crippen molar-refractivity contribution in [1.29, 1.82) is 0 Å². The van der Waals surface area contributed by atoms with Crippen LogP contribution < -0.4 is 16.0 Å². The second-order valence-corrected chi connectivity index (χ2v) is 11.6. The molecule has 42 heavy (non-hydrogen) atoms. The van der Waals surface area contributed by atoms with Crippen LogP contribution in [0.5, 0.6) is 0 Å². The van der Waals surface area contributed by atoms with Crippen LogP contribution in [0.15, 0.2) is 112 Å². The molecule has 3 N–H and O–H groups in total. The zero-order valence-corrected chi connectivity index (χ0v) is 24.3. The lowest BCUT2D eigenvalue weighted by molar-refractivity contribution is -0.114. The van der Waals surface area contributed by atoms with E-state index in [2.05, 4.69) is 20.9 Å². The van der Waals surface area contributed by atoms with Crippen molar-refractivity contribution < 1.29 is 18.8 Å². The number of nitrogens with zero attached hydrogens (tertiary/aromatic N) is 1. The van der Waals surface area contributed by atoms with Crippen molar-refractivity contribution in [2.45, 2.75) is 4.90 Å². The van der Waals surface area contributed by atoms with Crippen LogP contribution in [0.25, 0.3) is 16.6 Å². The molecule has 0 radical (unpaired) electrons. The number of halogens is 1. The van der Waals surface area contributed by atoms with Gasteiger partial charge in [0.15, 0.2) is 5.13 Å². The van der Waals surface area contributed by atoms with Crippen LogP contribution in [-0.2, 0) is 9.59 Å². The highest BCUT2D eigenvalue weighted by Gasteiger charge is 2.16. The Morgan fingerprint density at radius 1 is 0.857 bits per heavy atom. The number of rotatable bonds is 10. The molecule has 0 spiro atoms. The van der Waals surface area contributed by atoms with E-state index in [1.54, 1.807) is 78.1 Å². The maximum absolute atomic E-state index is 14.3. The van der Waals surface area contributed by atoms with Crippen LogP contribution in [-0.4, -0.2) is 28.5 Å². The van der Waals surface area contributed by atoms with E-state index in [9.17, 15) is 18.8 Å². The molecule has 5 rings (SSSR count). The Morgan fingerprint density at radius 3 is 2.36 bits per heavy atom. The number of aromatic nitrogens is 1. The molecule has 3 amide bonds. The lowest BCUT2D eigenvalue weighted by Gasteiger charge is -2.12. The van der Waals surface area contributed by atoms with Gasteiger partial charge in [0.1, 0.15) is 11.5 Å². The molecule has 5 aromatic rings. The monoisotopic (exact) mass is 614 g/mol. The fourth-order valence-corrected chi connectivity index (χ4v) is 5.88. The molecule has 210 valence electrons. The summed E-state index contributed by atoms with van der Waals surface area (Å²) in [6.45, 7) is 0. The minimum atomic E-state index is -0.618. The van der Waals surface area contributed by atoms with Crippen LogP contribution in [0.1, 0.15) is 15.9 Å². The Kier molecular flexibility index (Phi) is 9.55. The van der Waals surface area contributed by atoms with E-state index in [1.165, 1.54) is 41.3 Å². The Labute approximate surface area is 253 Å². The Morgan fingerprint density at radius 2 is 1.62 bits per heavy atom. The first-order valence-electron chi connectivity index (χ1n) is 12.6. The number of carbonyl (C=O) groups excluding carboxylic acids is 3. The fourth-order valence-electron chi connectivity index (χ4n) is 3.70. The van der Waals surface area contributed by atoms with Gasteiger partial charge in [-0.3, -0.25) is 14.4 Å². The fraction of sp³-hybridized carbons (Fsp3) is 0.0323. The Hall–Kier alpha value is -4.58. The molecule has 0 saturated heterocycles. The quantitative estimate of drug-likeness (QED) is 0.115. The third kappa shape index (κ3) is 7.78. The minimum Gasteiger partial charge on any atom is -0.321 e. The molecule has 3 aromatic carbocycles. The topological polar surface area (TPSA) is 100 Å². The van der Waals surface area contributed by atoms with Gasteiger partial charge in [0.2, 0.25) is 5.91 Å². The van der Waals surface area contributed by atoms with E-state index >= 15 is 0 Å². The second kappa shape index (κ2) is 13.9. The van der Waals surface area contributed by atoms with Gasteiger partial charge in [-0.15, -0.1) is 34.4 Å². The summed E-state index contributed by atoms with van der Waals surface area (Å²) in [5.74, 6) is -1.64. The molecule has 0 saturated carbocycles. The third-order valence-corrected chi connectivity index (χ3v) is 8.40. The van der Waals surface area contributed by atoms with Crippen LogP contribution in [0.2, 0.25) is 0 Å². The number of nitrogens with one attached hydrogen (secondary N) is 3. The minimum absolute atomic E-state index is 0.117. The normalized spacial score (nSPS) is 11.1. The molecule has 11 heteroatoms. The average molecular weight is 615 g/mol.